The van der Waals surface area contributed by atoms with E-state index < -0.39 is 23.2 Å². The van der Waals surface area contributed by atoms with Crippen LogP contribution < -0.4 is 0 Å². The van der Waals surface area contributed by atoms with Gasteiger partial charge in [0.25, 0.3) is 0 Å². The van der Waals surface area contributed by atoms with E-state index in [1.54, 1.807) is 45.0 Å². The Bertz CT molecular complexity index is 553. The van der Waals surface area contributed by atoms with Crippen LogP contribution in [0.3, 0.4) is 0 Å². The second-order valence-corrected chi connectivity index (χ2v) is 6.84. The van der Waals surface area contributed by atoms with Crippen LogP contribution >= 0.6 is 15.9 Å². The average molecular weight is 358 g/mol. The SMILES string of the molecule is CN(C(=O)OC(C)(C)C)C(C)(C(=O)O)c1cccc(Br)c1. The summed E-state index contributed by atoms with van der Waals surface area (Å²) in [6.07, 6.45) is -0.688. The summed E-state index contributed by atoms with van der Waals surface area (Å²) in [5.74, 6) is -1.13. The van der Waals surface area contributed by atoms with Gasteiger partial charge in [0, 0.05) is 11.5 Å². The number of ether oxygens (including phenoxy) is 1. The second-order valence-electron chi connectivity index (χ2n) is 5.93. The van der Waals surface area contributed by atoms with Crippen LogP contribution in [0.2, 0.25) is 0 Å². The molecule has 1 atom stereocenters. The summed E-state index contributed by atoms with van der Waals surface area (Å²) in [6, 6.07) is 6.86. The van der Waals surface area contributed by atoms with E-state index in [-0.39, 0.29) is 0 Å². The van der Waals surface area contributed by atoms with Crippen molar-refractivity contribution in [3.05, 3.63) is 34.3 Å². The van der Waals surface area contributed by atoms with Gasteiger partial charge >= 0.3 is 12.1 Å². The summed E-state index contributed by atoms with van der Waals surface area (Å²) in [7, 11) is 1.42. The van der Waals surface area contributed by atoms with Gasteiger partial charge in [-0.15, -0.1) is 0 Å². The zero-order valence-corrected chi connectivity index (χ0v) is 14.4. The smallest absolute Gasteiger partial charge is 0.411 e. The van der Waals surface area contributed by atoms with E-state index in [1.807, 2.05) is 0 Å². The Hall–Kier alpha value is -1.56. The molecule has 5 nitrogen and oxygen atoms in total. The Morgan fingerprint density at radius 1 is 1.24 bits per heavy atom. The first-order valence-corrected chi connectivity index (χ1v) is 7.24. The summed E-state index contributed by atoms with van der Waals surface area (Å²) in [6.45, 7) is 6.67. The molecule has 116 valence electrons. The van der Waals surface area contributed by atoms with E-state index >= 15 is 0 Å². The van der Waals surface area contributed by atoms with Crippen LogP contribution in [-0.4, -0.2) is 34.7 Å². The maximum Gasteiger partial charge on any atom is 0.411 e. The minimum Gasteiger partial charge on any atom is -0.479 e. The van der Waals surface area contributed by atoms with Crippen molar-refractivity contribution in [2.24, 2.45) is 0 Å². The summed E-state index contributed by atoms with van der Waals surface area (Å²) >= 11 is 3.31. The first-order chi connectivity index (χ1) is 9.48. The molecule has 0 saturated heterocycles. The molecule has 1 unspecified atom stereocenters. The van der Waals surface area contributed by atoms with E-state index in [9.17, 15) is 14.7 Å². The van der Waals surface area contributed by atoms with Gasteiger partial charge in [0.05, 0.1) is 0 Å². The van der Waals surface area contributed by atoms with Crippen molar-refractivity contribution in [2.75, 3.05) is 7.05 Å². The Kier molecular flexibility index (Phi) is 5.04. The zero-order valence-electron chi connectivity index (χ0n) is 12.8. The lowest BCUT2D eigenvalue weighted by molar-refractivity contribution is -0.150. The molecule has 0 aromatic heterocycles. The molecule has 0 spiro atoms. The molecule has 1 aromatic carbocycles. The lowest BCUT2D eigenvalue weighted by atomic mass is 9.91. The van der Waals surface area contributed by atoms with E-state index in [2.05, 4.69) is 15.9 Å². The molecule has 6 heteroatoms. The summed E-state index contributed by atoms with van der Waals surface area (Å²) in [5, 5.41) is 9.63. The number of carboxylic acid groups (broad SMARTS) is 1. The molecular formula is C15H20BrNO4. The number of carbonyl (C=O) groups is 2. The van der Waals surface area contributed by atoms with Crippen LogP contribution in [0.1, 0.15) is 33.3 Å². The number of rotatable bonds is 3. The fraction of sp³-hybridized carbons (Fsp3) is 0.467. The third-order valence-electron chi connectivity index (χ3n) is 3.14. The maximum atomic E-state index is 12.2. The average Bonchev–Trinajstić information content (AvgIpc) is 2.34. The number of aliphatic carboxylic acids is 1. The number of carbonyl (C=O) groups excluding carboxylic acids is 1. The molecule has 0 radical (unpaired) electrons. The van der Waals surface area contributed by atoms with Gasteiger partial charge < -0.3 is 9.84 Å². The van der Waals surface area contributed by atoms with Gasteiger partial charge in [-0.3, -0.25) is 4.90 Å². The van der Waals surface area contributed by atoms with E-state index in [1.165, 1.54) is 14.0 Å². The first kappa shape index (κ1) is 17.5. The quantitative estimate of drug-likeness (QED) is 0.896. The lowest BCUT2D eigenvalue weighted by Crippen LogP contribution is -2.52. The van der Waals surface area contributed by atoms with E-state index in [0.29, 0.717) is 5.56 Å². The minimum atomic E-state index is -1.52. The van der Waals surface area contributed by atoms with Crippen LogP contribution in [0, 0.1) is 0 Å². The molecule has 1 amide bonds. The zero-order chi connectivity index (χ0) is 16.4. The number of hydrogen-bond acceptors (Lipinski definition) is 3. The second kappa shape index (κ2) is 6.05. The van der Waals surface area contributed by atoms with Gasteiger partial charge in [-0.1, -0.05) is 28.1 Å². The molecule has 0 saturated carbocycles. The fourth-order valence-electron chi connectivity index (χ4n) is 1.76. The van der Waals surface area contributed by atoms with Gasteiger partial charge in [0.15, 0.2) is 5.54 Å². The van der Waals surface area contributed by atoms with E-state index in [0.717, 1.165) is 9.37 Å². The number of halogens is 1. The molecule has 0 aliphatic carbocycles. The largest absolute Gasteiger partial charge is 0.479 e. The molecule has 1 aromatic rings. The van der Waals surface area contributed by atoms with Crippen molar-refractivity contribution in [2.45, 2.75) is 38.8 Å². The van der Waals surface area contributed by atoms with Crippen molar-refractivity contribution in [1.29, 1.82) is 0 Å². The normalized spacial score (nSPS) is 14.2. The number of hydrogen-bond donors (Lipinski definition) is 1. The van der Waals surface area contributed by atoms with Crippen molar-refractivity contribution in [3.8, 4) is 0 Å². The molecule has 0 aliphatic heterocycles. The third kappa shape index (κ3) is 3.97. The monoisotopic (exact) mass is 357 g/mol. The number of nitrogens with zero attached hydrogens (tertiary/aromatic N) is 1. The molecule has 0 fully saturated rings. The molecule has 1 N–H and O–H groups in total. The predicted octanol–water partition coefficient (Wildman–Crippen LogP) is 3.62. The Balaban J connectivity index is 3.22. The highest BCUT2D eigenvalue weighted by Gasteiger charge is 2.43. The lowest BCUT2D eigenvalue weighted by Gasteiger charge is -2.36. The highest BCUT2D eigenvalue weighted by Crippen LogP contribution is 2.30. The number of amides is 1. The first-order valence-electron chi connectivity index (χ1n) is 6.44. The topological polar surface area (TPSA) is 66.8 Å². The van der Waals surface area contributed by atoms with Crippen molar-refractivity contribution in [3.63, 3.8) is 0 Å². The minimum absolute atomic E-state index is 0.484. The molecular weight excluding hydrogens is 338 g/mol. The summed E-state index contributed by atoms with van der Waals surface area (Å²) in [5.41, 5.74) is -1.73. The van der Waals surface area contributed by atoms with Crippen LogP contribution in [0.5, 0.6) is 0 Å². The Labute approximate surface area is 133 Å². The standard InChI is InChI=1S/C15H20BrNO4/c1-14(2,3)21-13(20)17(5)15(4,12(18)19)10-7-6-8-11(16)9-10/h6-9H,1-5H3,(H,18,19). The van der Waals surface area contributed by atoms with Crippen LogP contribution in [0.4, 0.5) is 4.79 Å². The van der Waals surface area contributed by atoms with Crippen LogP contribution in [0.25, 0.3) is 0 Å². The third-order valence-corrected chi connectivity index (χ3v) is 3.63. The van der Waals surface area contributed by atoms with Gasteiger partial charge in [-0.25, -0.2) is 9.59 Å². The van der Waals surface area contributed by atoms with Crippen molar-refractivity contribution >= 4 is 28.0 Å². The number of likely N-dealkylation sites (N-methyl/N-ethyl adjacent to an activating group) is 1. The number of benzene rings is 1. The predicted molar refractivity (Wildman–Crippen MR) is 83.1 cm³/mol. The Morgan fingerprint density at radius 3 is 2.24 bits per heavy atom. The molecule has 0 bridgehead atoms. The number of carboxylic acids is 1. The van der Waals surface area contributed by atoms with Gasteiger partial charge in [0.1, 0.15) is 5.60 Å². The maximum absolute atomic E-state index is 12.2. The summed E-state index contributed by atoms with van der Waals surface area (Å²) in [4.78, 5) is 25.1. The molecule has 21 heavy (non-hydrogen) atoms. The molecule has 0 aliphatic rings. The van der Waals surface area contributed by atoms with Crippen LogP contribution in [0.15, 0.2) is 28.7 Å². The molecule has 1 rings (SSSR count). The highest BCUT2D eigenvalue weighted by atomic mass is 79.9. The van der Waals surface area contributed by atoms with E-state index in [4.69, 9.17) is 4.74 Å². The van der Waals surface area contributed by atoms with Gasteiger partial charge in [-0.05, 0) is 45.4 Å². The van der Waals surface area contributed by atoms with Gasteiger partial charge in [-0.2, -0.15) is 0 Å². The van der Waals surface area contributed by atoms with Crippen molar-refractivity contribution < 1.29 is 19.4 Å². The fourth-order valence-corrected chi connectivity index (χ4v) is 2.16. The summed E-state index contributed by atoms with van der Waals surface area (Å²) < 4.78 is 6.00. The molecule has 0 heterocycles. The van der Waals surface area contributed by atoms with Crippen molar-refractivity contribution in [1.82, 2.24) is 4.90 Å². The van der Waals surface area contributed by atoms with Gasteiger partial charge in [0.2, 0.25) is 0 Å². The van der Waals surface area contributed by atoms with Crippen LogP contribution in [-0.2, 0) is 15.1 Å². The highest BCUT2D eigenvalue weighted by molar-refractivity contribution is 9.10. The Morgan fingerprint density at radius 2 is 1.81 bits per heavy atom.